The minimum Gasteiger partial charge on any atom is -0.496 e. The zero-order valence-corrected chi connectivity index (χ0v) is 17.8. The average Bonchev–Trinajstić information content (AvgIpc) is 3.04. The number of aliphatic imine (C=N–C) groups is 1. The van der Waals surface area contributed by atoms with E-state index in [1.165, 1.54) is 0 Å². The quantitative estimate of drug-likeness (QED) is 0.393. The number of methoxy groups -OCH3 is 1. The van der Waals surface area contributed by atoms with Crippen molar-refractivity contribution in [2.45, 2.75) is 39.8 Å². The monoisotopic (exact) mass is 458 g/mol. The number of nitrogens with one attached hydrogen (secondary N) is 2. The maximum atomic E-state index is 5.32. The van der Waals surface area contributed by atoms with E-state index in [0.29, 0.717) is 25.0 Å². The maximum Gasteiger partial charge on any atom is 0.191 e. The Morgan fingerprint density at radius 2 is 1.96 bits per heavy atom. The second-order valence-corrected chi connectivity index (χ2v) is 5.96. The van der Waals surface area contributed by atoms with Crippen molar-refractivity contribution in [3.05, 3.63) is 46.8 Å². The Morgan fingerprint density at radius 3 is 2.52 bits per heavy atom. The largest absolute Gasteiger partial charge is 0.496 e. The number of halogens is 1. The molecule has 0 bridgehead atoms. The fraction of sp³-hybridized carbons (Fsp3) is 0.444. The highest BCUT2D eigenvalue weighted by Crippen LogP contribution is 2.18. The standard InChI is InChI=1S/C18H26N4O2.HI/c1-12(2)16-9-15(24-22-16)11-21-18(19-4)20-10-14-6-7-17(23-5)13(3)8-14;/h6-9,12H,10-11H2,1-5H3,(H2,19,20,21);1H. The highest BCUT2D eigenvalue weighted by atomic mass is 127. The van der Waals surface area contributed by atoms with Gasteiger partial charge >= 0.3 is 0 Å². The second-order valence-electron chi connectivity index (χ2n) is 5.96. The van der Waals surface area contributed by atoms with Crippen LogP contribution in [0.2, 0.25) is 0 Å². The van der Waals surface area contributed by atoms with Crippen molar-refractivity contribution in [2.75, 3.05) is 14.2 Å². The van der Waals surface area contributed by atoms with Gasteiger partial charge in [0.25, 0.3) is 0 Å². The number of hydrogen-bond acceptors (Lipinski definition) is 4. The second kappa shape index (κ2) is 10.3. The number of aryl methyl sites for hydroxylation is 1. The molecule has 0 aliphatic carbocycles. The van der Waals surface area contributed by atoms with E-state index < -0.39 is 0 Å². The summed E-state index contributed by atoms with van der Waals surface area (Å²) in [6, 6.07) is 8.09. The summed E-state index contributed by atoms with van der Waals surface area (Å²) in [5, 5.41) is 10.6. The van der Waals surface area contributed by atoms with Gasteiger partial charge in [0.1, 0.15) is 5.75 Å². The molecule has 0 aliphatic rings. The minimum absolute atomic E-state index is 0. The van der Waals surface area contributed by atoms with Crippen molar-refractivity contribution < 1.29 is 9.26 Å². The first-order valence-electron chi connectivity index (χ1n) is 8.07. The van der Waals surface area contributed by atoms with Crippen LogP contribution >= 0.6 is 24.0 Å². The summed E-state index contributed by atoms with van der Waals surface area (Å²) in [7, 11) is 3.43. The molecule has 2 rings (SSSR count). The van der Waals surface area contributed by atoms with E-state index in [1.807, 2.05) is 25.1 Å². The Kier molecular flexibility index (Phi) is 8.74. The Morgan fingerprint density at radius 1 is 1.24 bits per heavy atom. The fourth-order valence-electron chi connectivity index (χ4n) is 2.31. The molecule has 7 heteroatoms. The van der Waals surface area contributed by atoms with Crippen LogP contribution in [0.4, 0.5) is 0 Å². The molecule has 0 saturated carbocycles. The van der Waals surface area contributed by atoms with Gasteiger partial charge in [-0.1, -0.05) is 31.1 Å². The minimum atomic E-state index is 0. The van der Waals surface area contributed by atoms with E-state index in [0.717, 1.165) is 28.3 Å². The number of nitrogens with zero attached hydrogens (tertiary/aromatic N) is 2. The highest BCUT2D eigenvalue weighted by Gasteiger charge is 2.08. The molecular formula is C18H27IN4O2. The smallest absolute Gasteiger partial charge is 0.191 e. The molecule has 138 valence electrons. The van der Waals surface area contributed by atoms with Crippen molar-refractivity contribution in [3.63, 3.8) is 0 Å². The summed E-state index contributed by atoms with van der Waals surface area (Å²) >= 11 is 0. The first-order chi connectivity index (χ1) is 11.5. The lowest BCUT2D eigenvalue weighted by Gasteiger charge is -2.12. The van der Waals surface area contributed by atoms with Crippen molar-refractivity contribution in [1.29, 1.82) is 0 Å². The van der Waals surface area contributed by atoms with Gasteiger partial charge < -0.3 is 19.9 Å². The Labute approximate surface area is 166 Å². The zero-order valence-electron chi connectivity index (χ0n) is 15.4. The van der Waals surface area contributed by atoms with Crippen LogP contribution in [-0.2, 0) is 13.1 Å². The summed E-state index contributed by atoms with van der Waals surface area (Å²) in [5.41, 5.74) is 3.24. The molecular weight excluding hydrogens is 431 g/mol. The first-order valence-corrected chi connectivity index (χ1v) is 8.07. The normalized spacial score (nSPS) is 11.2. The van der Waals surface area contributed by atoms with Crippen molar-refractivity contribution in [1.82, 2.24) is 15.8 Å². The van der Waals surface area contributed by atoms with Crippen LogP contribution in [0.25, 0.3) is 0 Å². The molecule has 6 nitrogen and oxygen atoms in total. The van der Waals surface area contributed by atoms with Crippen LogP contribution in [0, 0.1) is 6.92 Å². The van der Waals surface area contributed by atoms with Gasteiger partial charge in [0.05, 0.1) is 19.3 Å². The van der Waals surface area contributed by atoms with E-state index in [2.05, 4.69) is 40.7 Å². The Balaban J connectivity index is 0.00000312. The van der Waals surface area contributed by atoms with Crippen LogP contribution in [0.15, 0.2) is 33.8 Å². The van der Waals surface area contributed by atoms with Crippen LogP contribution in [0.5, 0.6) is 5.75 Å². The third kappa shape index (κ3) is 6.22. The number of hydrogen-bond donors (Lipinski definition) is 2. The molecule has 0 fully saturated rings. The summed E-state index contributed by atoms with van der Waals surface area (Å²) in [6.07, 6.45) is 0. The van der Waals surface area contributed by atoms with Crippen molar-refractivity contribution >= 4 is 29.9 Å². The van der Waals surface area contributed by atoms with Crippen LogP contribution in [-0.4, -0.2) is 25.3 Å². The van der Waals surface area contributed by atoms with Crippen molar-refractivity contribution in [3.8, 4) is 5.75 Å². The van der Waals surface area contributed by atoms with Gasteiger partial charge in [0, 0.05) is 19.7 Å². The lowest BCUT2D eigenvalue weighted by atomic mass is 10.1. The number of benzene rings is 1. The molecule has 1 aromatic carbocycles. The molecule has 25 heavy (non-hydrogen) atoms. The number of aromatic nitrogens is 1. The molecule has 2 N–H and O–H groups in total. The molecule has 0 atom stereocenters. The molecule has 0 saturated heterocycles. The van der Waals surface area contributed by atoms with E-state index >= 15 is 0 Å². The highest BCUT2D eigenvalue weighted by molar-refractivity contribution is 14.0. The summed E-state index contributed by atoms with van der Waals surface area (Å²) in [6.45, 7) is 7.43. The van der Waals surface area contributed by atoms with Gasteiger partial charge in [-0.25, -0.2) is 0 Å². The Bertz CT molecular complexity index is 698. The summed E-state index contributed by atoms with van der Waals surface area (Å²) in [4.78, 5) is 4.22. The number of ether oxygens (including phenoxy) is 1. The fourth-order valence-corrected chi connectivity index (χ4v) is 2.31. The number of guanidine groups is 1. The molecule has 2 aromatic rings. The summed E-state index contributed by atoms with van der Waals surface area (Å²) < 4.78 is 10.6. The molecule has 0 spiro atoms. The van der Waals surface area contributed by atoms with E-state index in [1.54, 1.807) is 14.2 Å². The average molecular weight is 458 g/mol. The third-order valence-electron chi connectivity index (χ3n) is 3.74. The predicted molar refractivity (Wildman–Crippen MR) is 111 cm³/mol. The maximum absolute atomic E-state index is 5.32. The molecule has 0 unspecified atom stereocenters. The van der Waals surface area contributed by atoms with Crippen LogP contribution in [0.3, 0.4) is 0 Å². The van der Waals surface area contributed by atoms with E-state index in [-0.39, 0.29) is 24.0 Å². The number of rotatable bonds is 6. The first kappa shape index (κ1) is 21.3. The predicted octanol–water partition coefficient (Wildman–Crippen LogP) is 3.60. The van der Waals surface area contributed by atoms with Gasteiger partial charge in [-0.15, -0.1) is 24.0 Å². The van der Waals surface area contributed by atoms with Crippen LogP contribution < -0.4 is 15.4 Å². The molecule has 1 aromatic heterocycles. The molecule has 0 amide bonds. The van der Waals surface area contributed by atoms with Gasteiger partial charge in [-0.2, -0.15) is 0 Å². The molecule has 0 aliphatic heterocycles. The van der Waals surface area contributed by atoms with Crippen molar-refractivity contribution in [2.24, 2.45) is 4.99 Å². The summed E-state index contributed by atoms with van der Waals surface area (Å²) in [5.74, 6) is 2.76. The van der Waals surface area contributed by atoms with Gasteiger partial charge in [-0.3, -0.25) is 4.99 Å². The molecule has 0 radical (unpaired) electrons. The van der Waals surface area contributed by atoms with Gasteiger partial charge in [-0.05, 0) is 30.0 Å². The third-order valence-corrected chi connectivity index (χ3v) is 3.74. The van der Waals surface area contributed by atoms with E-state index in [9.17, 15) is 0 Å². The lowest BCUT2D eigenvalue weighted by molar-refractivity contribution is 0.372. The van der Waals surface area contributed by atoms with Crippen LogP contribution in [0.1, 0.15) is 42.3 Å². The van der Waals surface area contributed by atoms with Gasteiger partial charge in [0.15, 0.2) is 11.7 Å². The SMILES string of the molecule is CN=C(NCc1ccc(OC)c(C)c1)NCc1cc(C(C)C)no1.I. The van der Waals surface area contributed by atoms with Gasteiger partial charge in [0.2, 0.25) is 0 Å². The zero-order chi connectivity index (χ0) is 17.5. The topological polar surface area (TPSA) is 71.7 Å². The Hall–Kier alpha value is -1.77. The molecule has 1 heterocycles. The van der Waals surface area contributed by atoms with E-state index in [4.69, 9.17) is 9.26 Å². The lowest BCUT2D eigenvalue weighted by Crippen LogP contribution is -2.36.